The van der Waals surface area contributed by atoms with E-state index in [0.29, 0.717) is 13.2 Å². The SMILES string of the molecule is O=C(NCc1cccc(N2CCOCC2)n1)c1cc2c(s1)CCOC2. The van der Waals surface area contributed by atoms with Crippen LogP contribution in [-0.2, 0) is 29.0 Å². The Labute approximate surface area is 150 Å². The van der Waals surface area contributed by atoms with E-state index in [0.717, 1.165) is 61.3 Å². The quantitative estimate of drug-likeness (QED) is 0.904. The van der Waals surface area contributed by atoms with Gasteiger partial charge in [0.15, 0.2) is 0 Å². The van der Waals surface area contributed by atoms with E-state index in [9.17, 15) is 4.79 Å². The van der Waals surface area contributed by atoms with E-state index in [-0.39, 0.29) is 5.91 Å². The largest absolute Gasteiger partial charge is 0.378 e. The van der Waals surface area contributed by atoms with Crippen LogP contribution in [0.2, 0.25) is 0 Å². The number of rotatable bonds is 4. The molecule has 1 saturated heterocycles. The highest BCUT2D eigenvalue weighted by molar-refractivity contribution is 7.14. The highest BCUT2D eigenvalue weighted by Crippen LogP contribution is 2.26. The maximum atomic E-state index is 12.4. The van der Waals surface area contributed by atoms with Crippen LogP contribution in [0.4, 0.5) is 5.82 Å². The van der Waals surface area contributed by atoms with Gasteiger partial charge in [0, 0.05) is 24.4 Å². The van der Waals surface area contributed by atoms with Crippen LogP contribution in [0.3, 0.4) is 0 Å². The van der Waals surface area contributed by atoms with Crippen molar-refractivity contribution < 1.29 is 14.3 Å². The zero-order chi connectivity index (χ0) is 17.1. The molecule has 4 heterocycles. The molecule has 132 valence electrons. The number of aromatic nitrogens is 1. The Balaban J connectivity index is 1.39. The van der Waals surface area contributed by atoms with Gasteiger partial charge in [-0.3, -0.25) is 4.79 Å². The maximum absolute atomic E-state index is 12.4. The van der Waals surface area contributed by atoms with Crippen molar-refractivity contribution >= 4 is 23.1 Å². The van der Waals surface area contributed by atoms with Gasteiger partial charge in [-0.2, -0.15) is 0 Å². The van der Waals surface area contributed by atoms with Crippen LogP contribution in [0.15, 0.2) is 24.3 Å². The minimum atomic E-state index is -0.0435. The van der Waals surface area contributed by atoms with Gasteiger partial charge in [-0.1, -0.05) is 6.07 Å². The average Bonchev–Trinajstić information content (AvgIpc) is 3.11. The Kier molecular flexibility index (Phi) is 4.96. The number of carbonyl (C=O) groups excluding carboxylic acids is 1. The molecule has 2 aliphatic heterocycles. The van der Waals surface area contributed by atoms with Crippen LogP contribution in [0.1, 0.15) is 25.8 Å². The number of amides is 1. The Bertz CT molecular complexity index is 732. The molecule has 2 aromatic rings. The van der Waals surface area contributed by atoms with Gasteiger partial charge < -0.3 is 19.7 Å². The third-order valence-electron chi connectivity index (χ3n) is 4.41. The lowest BCUT2D eigenvalue weighted by Gasteiger charge is -2.28. The number of thiophene rings is 1. The normalized spacial score (nSPS) is 17.2. The molecule has 0 spiro atoms. The fourth-order valence-electron chi connectivity index (χ4n) is 3.05. The predicted octanol–water partition coefficient (Wildman–Crippen LogP) is 1.98. The summed E-state index contributed by atoms with van der Waals surface area (Å²) >= 11 is 1.57. The monoisotopic (exact) mass is 359 g/mol. The fraction of sp³-hybridized carbons (Fsp3) is 0.444. The van der Waals surface area contributed by atoms with Crippen molar-refractivity contribution in [3.63, 3.8) is 0 Å². The van der Waals surface area contributed by atoms with Gasteiger partial charge in [0.05, 0.1) is 43.5 Å². The molecular formula is C18H21N3O3S. The molecule has 0 bridgehead atoms. The number of pyridine rings is 1. The molecule has 1 fully saturated rings. The molecule has 0 unspecified atom stereocenters. The lowest BCUT2D eigenvalue weighted by Crippen LogP contribution is -2.37. The first-order valence-corrected chi connectivity index (χ1v) is 9.37. The second-order valence-corrected chi connectivity index (χ2v) is 7.27. The molecule has 4 rings (SSSR count). The van der Waals surface area contributed by atoms with Gasteiger partial charge >= 0.3 is 0 Å². The molecular weight excluding hydrogens is 338 g/mol. The Morgan fingerprint density at radius 3 is 2.96 bits per heavy atom. The summed E-state index contributed by atoms with van der Waals surface area (Å²) in [4.78, 5) is 21.3. The second kappa shape index (κ2) is 7.51. The third kappa shape index (κ3) is 3.84. The number of carbonyl (C=O) groups is 1. The lowest BCUT2D eigenvalue weighted by molar-refractivity contribution is 0.0954. The Morgan fingerprint density at radius 2 is 2.12 bits per heavy atom. The summed E-state index contributed by atoms with van der Waals surface area (Å²) in [7, 11) is 0. The van der Waals surface area contributed by atoms with E-state index in [1.54, 1.807) is 11.3 Å². The Morgan fingerprint density at radius 1 is 1.24 bits per heavy atom. The molecule has 2 aromatic heterocycles. The molecule has 6 nitrogen and oxygen atoms in total. The minimum absolute atomic E-state index is 0.0435. The Hall–Kier alpha value is -1.96. The maximum Gasteiger partial charge on any atom is 0.261 e. The smallest absolute Gasteiger partial charge is 0.261 e. The van der Waals surface area contributed by atoms with Gasteiger partial charge in [0.1, 0.15) is 5.82 Å². The van der Waals surface area contributed by atoms with Crippen molar-refractivity contribution in [1.82, 2.24) is 10.3 Å². The highest BCUT2D eigenvalue weighted by atomic mass is 32.1. The number of nitrogens with one attached hydrogen (secondary N) is 1. The van der Waals surface area contributed by atoms with Gasteiger partial charge in [-0.25, -0.2) is 4.98 Å². The number of hydrogen-bond donors (Lipinski definition) is 1. The molecule has 7 heteroatoms. The molecule has 0 radical (unpaired) electrons. The van der Waals surface area contributed by atoms with Gasteiger partial charge in [-0.05, 0) is 23.8 Å². The first-order valence-electron chi connectivity index (χ1n) is 8.56. The summed E-state index contributed by atoms with van der Waals surface area (Å²) in [6.07, 6.45) is 0.899. The number of hydrogen-bond acceptors (Lipinski definition) is 6. The summed E-state index contributed by atoms with van der Waals surface area (Å²) in [5.74, 6) is 0.900. The minimum Gasteiger partial charge on any atom is -0.378 e. The van der Waals surface area contributed by atoms with Crippen molar-refractivity contribution in [2.45, 2.75) is 19.6 Å². The van der Waals surface area contributed by atoms with E-state index >= 15 is 0 Å². The molecule has 0 saturated carbocycles. The van der Waals surface area contributed by atoms with Crippen LogP contribution in [0.25, 0.3) is 0 Å². The summed E-state index contributed by atoms with van der Waals surface area (Å²) in [6.45, 7) is 4.95. The van der Waals surface area contributed by atoms with Crippen LogP contribution in [0, 0.1) is 0 Å². The number of fused-ring (bicyclic) bond motifs is 1. The molecule has 0 aliphatic carbocycles. The van der Waals surface area contributed by atoms with Crippen LogP contribution < -0.4 is 10.2 Å². The third-order valence-corrected chi connectivity index (χ3v) is 5.64. The molecule has 1 N–H and O–H groups in total. The number of ether oxygens (including phenoxy) is 2. The van der Waals surface area contributed by atoms with Gasteiger partial charge in [0.2, 0.25) is 0 Å². The van der Waals surface area contributed by atoms with Gasteiger partial charge in [-0.15, -0.1) is 11.3 Å². The van der Waals surface area contributed by atoms with Crippen LogP contribution >= 0.6 is 11.3 Å². The summed E-state index contributed by atoms with van der Waals surface area (Å²) in [6, 6.07) is 7.88. The summed E-state index contributed by atoms with van der Waals surface area (Å²) in [5, 5.41) is 2.98. The number of nitrogens with zero attached hydrogens (tertiary/aromatic N) is 2. The molecule has 1 amide bonds. The van der Waals surface area contributed by atoms with Crippen LogP contribution in [-0.4, -0.2) is 43.8 Å². The molecule has 0 aromatic carbocycles. The topological polar surface area (TPSA) is 63.7 Å². The molecule has 2 aliphatic rings. The van der Waals surface area contributed by atoms with Crippen LogP contribution in [0.5, 0.6) is 0 Å². The lowest BCUT2D eigenvalue weighted by atomic mass is 10.2. The fourth-order valence-corrected chi connectivity index (χ4v) is 4.12. The summed E-state index contributed by atoms with van der Waals surface area (Å²) < 4.78 is 10.8. The number of morpholine rings is 1. The standard InChI is InChI=1S/C18H21N3O3S/c22-18(16-10-13-12-24-7-4-15(13)25-16)19-11-14-2-1-3-17(20-14)21-5-8-23-9-6-21/h1-3,10H,4-9,11-12H2,(H,19,22). The van der Waals surface area contributed by atoms with E-state index in [2.05, 4.69) is 15.2 Å². The van der Waals surface area contributed by atoms with Crippen molar-refractivity contribution in [1.29, 1.82) is 0 Å². The van der Waals surface area contributed by atoms with Gasteiger partial charge in [0.25, 0.3) is 5.91 Å². The zero-order valence-electron chi connectivity index (χ0n) is 14.0. The van der Waals surface area contributed by atoms with E-state index in [1.807, 2.05) is 24.3 Å². The van der Waals surface area contributed by atoms with E-state index < -0.39 is 0 Å². The van der Waals surface area contributed by atoms with Crippen molar-refractivity contribution in [2.24, 2.45) is 0 Å². The highest BCUT2D eigenvalue weighted by Gasteiger charge is 2.18. The predicted molar refractivity (Wildman–Crippen MR) is 96.1 cm³/mol. The average molecular weight is 359 g/mol. The van der Waals surface area contributed by atoms with E-state index in [4.69, 9.17) is 9.47 Å². The van der Waals surface area contributed by atoms with E-state index in [1.165, 1.54) is 4.88 Å². The first kappa shape index (κ1) is 16.5. The second-order valence-electron chi connectivity index (χ2n) is 6.13. The number of anilines is 1. The summed E-state index contributed by atoms with van der Waals surface area (Å²) in [5.41, 5.74) is 2.01. The van der Waals surface area contributed by atoms with Crippen molar-refractivity contribution in [2.75, 3.05) is 37.8 Å². The van der Waals surface area contributed by atoms with Crippen molar-refractivity contribution in [3.05, 3.63) is 45.3 Å². The zero-order valence-corrected chi connectivity index (χ0v) is 14.8. The molecule has 0 atom stereocenters. The first-order chi connectivity index (χ1) is 12.3. The van der Waals surface area contributed by atoms with Crippen molar-refractivity contribution in [3.8, 4) is 0 Å². The molecule has 25 heavy (non-hydrogen) atoms.